The van der Waals surface area contributed by atoms with Gasteiger partial charge in [-0.25, -0.2) is 0 Å². The second kappa shape index (κ2) is 5.76. The van der Waals surface area contributed by atoms with E-state index < -0.39 is 50.9 Å². The van der Waals surface area contributed by atoms with Gasteiger partial charge in [0.2, 0.25) is 5.91 Å². The van der Waals surface area contributed by atoms with Gasteiger partial charge in [-0.3, -0.25) is 9.35 Å². The molecule has 12 heteroatoms. The summed E-state index contributed by atoms with van der Waals surface area (Å²) in [5.74, 6) is -3.00. The van der Waals surface area contributed by atoms with Crippen LogP contribution < -0.4 is 5.32 Å². The Morgan fingerprint density at radius 3 is 1.73 bits per heavy atom. The Labute approximate surface area is 119 Å². The second-order valence-electron chi connectivity index (χ2n) is 4.07. The van der Waals surface area contributed by atoms with Crippen LogP contribution in [0.2, 0.25) is 0 Å². The van der Waals surface area contributed by atoms with Gasteiger partial charge in [0.1, 0.15) is 0 Å². The van der Waals surface area contributed by atoms with Crippen LogP contribution in [0.3, 0.4) is 0 Å². The number of hydrogen-bond acceptors (Lipinski definition) is 3. The first-order chi connectivity index (χ1) is 9.68. The van der Waals surface area contributed by atoms with Crippen molar-refractivity contribution in [3.63, 3.8) is 0 Å². The van der Waals surface area contributed by atoms with Gasteiger partial charge < -0.3 is 5.32 Å². The molecule has 0 atom stereocenters. The van der Waals surface area contributed by atoms with Crippen molar-refractivity contribution in [1.29, 1.82) is 0 Å². The molecule has 0 spiro atoms. The van der Waals surface area contributed by atoms with Gasteiger partial charge >= 0.3 is 12.4 Å². The topological polar surface area (TPSA) is 83.5 Å². The van der Waals surface area contributed by atoms with Crippen molar-refractivity contribution in [1.82, 2.24) is 0 Å². The van der Waals surface area contributed by atoms with E-state index in [1.54, 1.807) is 5.32 Å². The van der Waals surface area contributed by atoms with E-state index in [4.69, 9.17) is 4.55 Å². The number of nitrogens with one attached hydrogen (secondary N) is 1. The van der Waals surface area contributed by atoms with Crippen LogP contribution in [-0.2, 0) is 27.3 Å². The molecule has 0 aromatic heterocycles. The van der Waals surface area contributed by atoms with Gasteiger partial charge in [0.25, 0.3) is 10.1 Å². The molecule has 0 aliphatic rings. The standard InChI is InChI=1S/C10H7F6NO4S/c11-9(12,13)5-1-6(10(14,15)16)3-7(2-5)17-8(18)4-22(19,20)21/h1-3H,4H2,(H,17,18)(H,19,20,21). The highest BCUT2D eigenvalue weighted by atomic mass is 32.2. The van der Waals surface area contributed by atoms with Crippen molar-refractivity contribution in [2.75, 3.05) is 11.1 Å². The Morgan fingerprint density at radius 2 is 1.41 bits per heavy atom. The number of carbonyl (C=O) groups is 1. The number of benzene rings is 1. The molecule has 0 bridgehead atoms. The second-order valence-corrected chi connectivity index (χ2v) is 5.52. The van der Waals surface area contributed by atoms with Crippen LogP contribution in [0.25, 0.3) is 0 Å². The molecule has 0 aliphatic heterocycles. The molecule has 1 rings (SSSR count). The van der Waals surface area contributed by atoms with Crippen LogP contribution in [0.1, 0.15) is 11.1 Å². The zero-order valence-corrected chi connectivity index (χ0v) is 11.1. The van der Waals surface area contributed by atoms with E-state index >= 15 is 0 Å². The van der Waals surface area contributed by atoms with Gasteiger partial charge in [0.05, 0.1) is 11.1 Å². The number of rotatable bonds is 3. The first-order valence-electron chi connectivity index (χ1n) is 5.23. The van der Waals surface area contributed by atoms with E-state index in [-0.39, 0.29) is 18.2 Å². The lowest BCUT2D eigenvalue weighted by Crippen LogP contribution is -2.23. The third-order valence-electron chi connectivity index (χ3n) is 2.18. The molecular weight excluding hydrogens is 344 g/mol. The number of amides is 1. The predicted molar refractivity (Wildman–Crippen MR) is 61.5 cm³/mol. The van der Waals surface area contributed by atoms with Crippen molar-refractivity contribution >= 4 is 21.7 Å². The molecule has 1 amide bonds. The number of carbonyl (C=O) groups excluding carboxylic acids is 1. The fraction of sp³-hybridized carbons (Fsp3) is 0.300. The maximum Gasteiger partial charge on any atom is 0.416 e. The lowest BCUT2D eigenvalue weighted by molar-refractivity contribution is -0.143. The van der Waals surface area contributed by atoms with Gasteiger partial charge in [-0.2, -0.15) is 34.8 Å². The lowest BCUT2D eigenvalue weighted by atomic mass is 10.1. The van der Waals surface area contributed by atoms with E-state index in [9.17, 15) is 39.6 Å². The van der Waals surface area contributed by atoms with Crippen LogP contribution >= 0.6 is 0 Å². The van der Waals surface area contributed by atoms with Crippen molar-refractivity contribution < 1.29 is 44.1 Å². The highest BCUT2D eigenvalue weighted by Gasteiger charge is 2.37. The molecule has 0 heterocycles. The SMILES string of the molecule is O=C(CS(=O)(=O)O)Nc1cc(C(F)(F)F)cc(C(F)(F)F)c1. The molecule has 1 aromatic rings. The minimum absolute atomic E-state index is 0.154. The summed E-state index contributed by atoms with van der Waals surface area (Å²) in [5.41, 5.74) is -4.26. The smallest absolute Gasteiger partial charge is 0.325 e. The van der Waals surface area contributed by atoms with Gasteiger partial charge in [-0.05, 0) is 18.2 Å². The summed E-state index contributed by atoms with van der Waals surface area (Å²) in [6.45, 7) is 0. The van der Waals surface area contributed by atoms with E-state index in [0.717, 1.165) is 0 Å². The minimum Gasteiger partial charge on any atom is -0.325 e. The molecule has 0 saturated carbocycles. The Bertz CT molecular complexity index is 647. The van der Waals surface area contributed by atoms with Crippen LogP contribution in [0.5, 0.6) is 0 Å². The maximum absolute atomic E-state index is 12.5. The van der Waals surface area contributed by atoms with Gasteiger partial charge in [-0.15, -0.1) is 0 Å². The Kier molecular flexibility index (Phi) is 4.77. The number of alkyl halides is 6. The first-order valence-corrected chi connectivity index (χ1v) is 6.84. The summed E-state index contributed by atoms with van der Waals surface area (Å²) in [7, 11) is -4.78. The van der Waals surface area contributed by atoms with E-state index in [0.29, 0.717) is 0 Å². The van der Waals surface area contributed by atoms with Crippen LogP contribution in [0.15, 0.2) is 18.2 Å². The lowest BCUT2D eigenvalue weighted by Gasteiger charge is -2.14. The summed E-state index contributed by atoms with van der Waals surface area (Å²) < 4.78 is 104. The van der Waals surface area contributed by atoms with Gasteiger partial charge in [-0.1, -0.05) is 0 Å². The summed E-state index contributed by atoms with van der Waals surface area (Å²) in [6, 6.07) is 0.257. The first kappa shape index (κ1) is 18.2. The average Bonchev–Trinajstić information content (AvgIpc) is 2.23. The number of halogens is 6. The number of anilines is 1. The Morgan fingerprint density at radius 1 is 1.00 bits per heavy atom. The summed E-state index contributed by atoms with van der Waals surface area (Å²) in [6.07, 6.45) is -10.2. The monoisotopic (exact) mass is 351 g/mol. The molecule has 0 aliphatic carbocycles. The minimum atomic E-state index is -5.11. The predicted octanol–water partition coefficient (Wildman–Crippen LogP) is 2.55. The van der Waals surface area contributed by atoms with Gasteiger partial charge in [0.15, 0.2) is 5.75 Å². The zero-order valence-electron chi connectivity index (χ0n) is 10.3. The molecule has 0 fully saturated rings. The maximum atomic E-state index is 12.5. The quantitative estimate of drug-likeness (QED) is 0.648. The molecular formula is C10H7F6NO4S. The average molecular weight is 351 g/mol. The Balaban J connectivity index is 3.22. The zero-order chi connectivity index (χ0) is 17.3. The van der Waals surface area contributed by atoms with Crippen LogP contribution in [-0.4, -0.2) is 24.6 Å². The highest BCUT2D eigenvalue weighted by molar-refractivity contribution is 7.86. The van der Waals surface area contributed by atoms with Crippen molar-refractivity contribution in [3.8, 4) is 0 Å². The largest absolute Gasteiger partial charge is 0.416 e. The molecule has 2 N–H and O–H groups in total. The molecule has 0 saturated heterocycles. The van der Waals surface area contributed by atoms with Crippen LogP contribution in [0, 0.1) is 0 Å². The fourth-order valence-electron chi connectivity index (χ4n) is 1.39. The van der Waals surface area contributed by atoms with E-state index in [1.165, 1.54) is 0 Å². The molecule has 5 nitrogen and oxygen atoms in total. The molecule has 22 heavy (non-hydrogen) atoms. The van der Waals surface area contributed by atoms with E-state index in [2.05, 4.69) is 0 Å². The van der Waals surface area contributed by atoms with E-state index in [1.807, 2.05) is 0 Å². The van der Waals surface area contributed by atoms with Crippen LogP contribution in [0.4, 0.5) is 32.0 Å². The molecule has 1 aromatic carbocycles. The summed E-state index contributed by atoms with van der Waals surface area (Å²) in [5, 5.41) is 1.55. The van der Waals surface area contributed by atoms with Gasteiger partial charge in [0, 0.05) is 5.69 Å². The van der Waals surface area contributed by atoms with Crippen molar-refractivity contribution in [2.45, 2.75) is 12.4 Å². The summed E-state index contributed by atoms with van der Waals surface area (Å²) >= 11 is 0. The Hall–Kier alpha value is -1.82. The molecule has 0 unspecified atom stereocenters. The normalized spacial score (nSPS) is 13.0. The number of hydrogen-bond donors (Lipinski definition) is 2. The molecule has 0 radical (unpaired) electrons. The third-order valence-corrected chi connectivity index (χ3v) is 2.81. The van der Waals surface area contributed by atoms with Crippen molar-refractivity contribution in [3.05, 3.63) is 29.3 Å². The summed E-state index contributed by atoms with van der Waals surface area (Å²) in [4.78, 5) is 11.1. The highest BCUT2D eigenvalue weighted by Crippen LogP contribution is 2.37. The molecule has 124 valence electrons. The third kappa shape index (κ3) is 5.52. The fourth-order valence-corrected chi connectivity index (χ4v) is 1.79. The van der Waals surface area contributed by atoms with Crippen molar-refractivity contribution in [2.24, 2.45) is 0 Å².